The van der Waals surface area contributed by atoms with E-state index in [-0.39, 0.29) is 25.2 Å². The van der Waals surface area contributed by atoms with E-state index in [2.05, 4.69) is 10.3 Å². The first-order valence-electron chi connectivity index (χ1n) is 7.21. The number of ether oxygens (including phenoxy) is 1. The average molecular weight is 347 g/mol. The number of halogens is 1. The van der Waals surface area contributed by atoms with Gasteiger partial charge in [0, 0.05) is 25.0 Å². The zero-order valence-corrected chi connectivity index (χ0v) is 13.7. The number of hydrogen-bond donors (Lipinski definition) is 1. The Kier molecular flexibility index (Phi) is 4.52. The molecule has 1 aromatic carbocycles. The summed E-state index contributed by atoms with van der Waals surface area (Å²) >= 11 is 6.05. The molecule has 0 unspecified atom stereocenters. The van der Waals surface area contributed by atoms with E-state index in [9.17, 15) is 9.59 Å². The van der Waals surface area contributed by atoms with Gasteiger partial charge in [-0.3, -0.25) is 9.69 Å². The van der Waals surface area contributed by atoms with Gasteiger partial charge >= 0.3 is 6.03 Å². The van der Waals surface area contributed by atoms with Crippen molar-refractivity contribution in [1.29, 1.82) is 0 Å². The molecule has 3 amide bonds. The second-order valence-electron chi connectivity index (χ2n) is 5.28. The summed E-state index contributed by atoms with van der Waals surface area (Å²) in [5.41, 5.74) is 0.513. The predicted molar refractivity (Wildman–Crippen MR) is 89.1 cm³/mol. The summed E-state index contributed by atoms with van der Waals surface area (Å²) in [6.07, 6.45) is 1.52. The second kappa shape index (κ2) is 6.76. The van der Waals surface area contributed by atoms with E-state index in [4.69, 9.17) is 16.3 Å². The third-order valence-electron chi connectivity index (χ3n) is 3.46. The van der Waals surface area contributed by atoms with Gasteiger partial charge in [0.05, 0.1) is 11.7 Å². The highest BCUT2D eigenvalue weighted by Crippen LogP contribution is 2.28. The number of rotatable bonds is 3. The van der Waals surface area contributed by atoms with Crippen LogP contribution >= 0.6 is 11.6 Å². The van der Waals surface area contributed by atoms with Crippen LogP contribution in [0.1, 0.15) is 0 Å². The van der Waals surface area contributed by atoms with Crippen LogP contribution in [0.2, 0.25) is 5.02 Å². The molecule has 1 saturated heterocycles. The van der Waals surface area contributed by atoms with Crippen molar-refractivity contribution in [3.63, 3.8) is 0 Å². The highest BCUT2D eigenvalue weighted by atomic mass is 35.5. The molecule has 24 heavy (non-hydrogen) atoms. The monoisotopic (exact) mass is 346 g/mol. The lowest BCUT2D eigenvalue weighted by Gasteiger charge is -2.16. The highest BCUT2D eigenvalue weighted by Gasteiger charge is 2.28. The average Bonchev–Trinajstić information content (AvgIpc) is 2.90. The number of anilines is 1. The molecule has 7 nitrogen and oxygen atoms in total. The lowest BCUT2D eigenvalue weighted by Crippen LogP contribution is -2.34. The van der Waals surface area contributed by atoms with E-state index in [0.29, 0.717) is 22.3 Å². The number of para-hydroxylation sites is 1. The molecular formula is C16H15ClN4O3. The van der Waals surface area contributed by atoms with Crippen LogP contribution in [0.4, 0.5) is 10.5 Å². The number of pyridine rings is 1. The standard InChI is InChI=1S/C16H15ClN4O3/c1-20-10-21(9-15(20)22)16(23)19-11-6-7-18-14(8-11)24-13-5-3-2-4-12(13)17/h2-8H,9-10H2,1H3,(H,18,19,23). The molecule has 3 rings (SSSR count). The Morgan fingerprint density at radius 2 is 2.12 bits per heavy atom. The van der Waals surface area contributed by atoms with Crippen molar-refractivity contribution in [2.75, 3.05) is 25.6 Å². The van der Waals surface area contributed by atoms with E-state index in [0.717, 1.165) is 0 Å². The number of aromatic nitrogens is 1. The molecule has 0 radical (unpaired) electrons. The van der Waals surface area contributed by atoms with E-state index >= 15 is 0 Å². The van der Waals surface area contributed by atoms with Crippen LogP contribution in [0.5, 0.6) is 11.6 Å². The quantitative estimate of drug-likeness (QED) is 0.927. The van der Waals surface area contributed by atoms with Crippen LogP contribution in [0.3, 0.4) is 0 Å². The molecule has 0 spiro atoms. The molecule has 1 aromatic heterocycles. The van der Waals surface area contributed by atoms with Crippen molar-refractivity contribution in [2.24, 2.45) is 0 Å². The van der Waals surface area contributed by atoms with E-state index < -0.39 is 0 Å². The second-order valence-corrected chi connectivity index (χ2v) is 5.68. The van der Waals surface area contributed by atoms with Gasteiger partial charge in [0.15, 0.2) is 0 Å². The summed E-state index contributed by atoms with van der Waals surface area (Å²) < 4.78 is 5.62. The number of nitrogens with zero attached hydrogens (tertiary/aromatic N) is 3. The number of likely N-dealkylation sites (N-methyl/N-ethyl adjacent to an activating group) is 1. The maximum Gasteiger partial charge on any atom is 0.323 e. The van der Waals surface area contributed by atoms with Gasteiger partial charge in [0.2, 0.25) is 11.8 Å². The Morgan fingerprint density at radius 1 is 1.33 bits per heavy atom. The number of amides is 3. The lowest BCUT2D eigenvalue weighted by molar-refractivity contribution is -0.125. The predicted octanol–water partition coefficient (Wildman–Crippen LogP) is 2.79. The third kappa shape index (κ3) is 3.57. The van der Waals surface area contributed by atoms with Gasteiger partial charge in [-0.25, -0.2) is 9.78 Å². The summed E-state index contributed by atoms with van der Waals surface area (Å²) in [6, 6.07) is 9.90. The molecule has 0 saturated carbocycles. The van der Waals surface area contributed by atoms with Gasteiger partial charge in [-0.15, -0.1) is 0 Å². The Labute approximate surface area is 143 Å². The largest absolute Gasteiger partial charge is 0.437 e. The number of carbonyl (C=O) groups excluding carboxylic acids is 2. The summed E-state index contributed by atoms with van der Waals surface area (Å²) in [7, 11) is 1.65. The molecule has 2 aromatic rings. The molecule has 1 aliphatic heterocycles. The molecule has 124 valence electrons. The molecule has 0 atom stereocenters. The molecule has 2 heterocycles. The van der Waals surface area contributed by atoms with Crippen molar-refractivity contribution in [3.8, 4) is 11.6 Å². The molecule has 1 aliphatic rings. The normalized spacial score (nSPS) is 14.0. The van der Waals surface area contributed by atoms with E-state index in [1.807, 2.05) is 0 Å². The number of benzene rings is 1. The summed E-state index contributed by atoms with van der Waals surface area (Å²) in [6.45, 7) is 0.328. The van der Waals surface area contributed by atoms with E-state index in [1.165, 1.54) is 16.0 Å². The molecular weight excluding hydrogens is 332 g/mol. The smallest absolute Gasteiger partial charge is 0.323 e. The van der Waals surface area contributed by atoms with Crippen LogP contribution in [-0.4, -0.2) is 47.0 Å². The van der Waals surface area contributed by atoms with Crippen molar-refractivity contribution >= 4 is 29.2 Å². The molecule has 1 N–H and O–H groups in total. The van der Waals surface area contributed by atoms with Crippen molar-refractivity contribution in [2.45, 2.75) is 0 Å². The minimum absolute atomic E-state index is 0.0659. The summed E-state index contributed by atoms with van der Waals surface area (Å²) in [5.74, 6) is 0.681. The van der Waals surface area contributed by atoms with Gasteiger partial charge in [0.1, 0.15) is 12.3 Å². The maximum atomic E-state index is 12.2. The molecule has 8 heteroatoms. The Balaban J connectivity index is 1.68. The summed E-state index contributed by atoms with van der Waals surface area (Å²) in [4.78, 5) is 30.7. The van der Waals surface area contributed by atoms with Crippen LogP contribution in [0.25, 0.3) is 0 Å². The third-order valence-corrected chi connectivity index (χ3v) is 3.77. The first-order valence-corrected chi connectivity index (χ1v) is 7.59. The van der Waals surface area contributed by atoms with E-state index in [1.54, 1.807) is 43.4 Å². The Bertz CT molecular complexity index is 783. The fourth-order valence-electron chi connectivity index (χ4n) is 2.19. The Hall–Kier alpha value is -2.80. The molecule has 0 bridgehead atoms. The number of hydrogen-bond acceptors (Lipinski definition) is 4. The number of urea groups is 1. The first kappa shape index (κ1) is 16.1. The van der Waals surface area contributed by atoms with Crippen LogP contribution in [0.15, 0.2) is 42.6 Å². The minimum atomic E-state index is -0.359. The highest BCUT2D eigenvalue weighted by molar-refractivity contribution is 6.32. The zero-order chi connectivity index (χ0) is 17.1. The van der Waals surface area contributed by atoms with Crippen LogP contribution in [-0.2, 0) is 4.79 Å². The van der Waals surface area contributed by atoms with Crippen molar-refractivity contribution in [1.82, 2.24) is 14.8 Å². The van der Waals surface area contributed by atoms with Gasteiger partial charge in [0.25, 0.3) is 0 Å². The molecule has 1 fully saturated rings. The SMILES string of the molecule is CN1CN(C(=O)Nc2ccnc(Oc3ccccc3Cl)c2)CC1=O. The number of carbonyl (C=O) groups is 2. The minimum Gasteiger partial charge on any atom is -0.437 e. The Morgan fingerprint density at radius 3 is 2.83 bits per heavy atom. The molecule has 0 aliphatic carbocycles. The van der Waals surface area contributed by atoms with Crippen LogP contribution < -0.4 is 10.1 Å². The van der Waals surface area contributed by atoms with Gasteiger partial charge < -0.3 is 15.0 Å². The fraction of sp³-hybridized carbons (Fsp3) is 0.188. The van der Waals surface area contributed by atoms with Crippen molar-refractivity contribution in [3.05, 3.63) is 47.6 Å². The lowest BCUT2D eigenvalue weighted by atomic mass is 10.3. The number of nitrogens with one attached hydrogen (secondary N) is 1. The van der Waals surface area contributed by atoms with Gasteiger partial charge in [-0.05, 0) is 18.2 Å². The van der Waals surface area contributed by atoms with Gasteiger partial charge in [-0.1, -0.05) is 23.7 Å². The van der Waals surface area contributed by atoms with Crippen molar-refractivity contribution < 1.29 is 14.3 Å². The van der Waals surface area contributed by atoms with Gasteiger partial charge in [-0.2, -0.15) is 0 Å². The van der Waals surface area contributed by atoms with Crippen LogP contribution in [0, 0.1) is 0 Å². The zero-order valence-electron chi connectivity index (χ0n) is 12.9. The topological polar surface area (TPSA) is 74.8 Å². The maximum absolute atomic E-state index is 12.2. The fourth-order valence-corrected chi connectivity index (χ4v) is 2.36. The first-order chi connectivity index (χ1) is 11.5. The summed E-state index contributed by atoms with van der Waals surface area (Å²) in [5, 5.41) is 3.19.